The first-order chi connectivity index (χ1) is 14.2. The molecular formula is C21H24BrFN2O4S. The average Bonchev–Trinajstić information content (AvgIpc) is 2.70. The van der Waals surface area contributed by atoms with Gasteiger partial charge in [-0.3, -0.25) is 4.79 Å². The summed E-state index contributed by atoms with van der Waals surface area (Å²) in [6.45, 7) is 4.19. The lowest BCUT2D eigenvalue weighted by Crippen LogP contribution is -2.49. The third-order valence-corrected chi connectivity index (χ3v) is 7.56. The Morgan fingerprint density at radius 3 is 2.43 bits per heavy atom. The van der Waals surface area contributed by atoms with Gasteiger partial charge in [0.05, 0.1) is 9.37 Å². The fourth-order valence-corrected chi connectivity index (χ4v) is 5.15. The Kier molecular flexibility index (Phi) is 7.15. The molecule has 9 heteroatoms. The van der Waals surface area contributed by atoms with Crippen LogP contribution >= 0.6 is 15.9 Å². The van der Waals surface area contributed by atoms with Gasteiger partial charge in [-0.15, -0.1) is 0 Å². The lowest BCUT2D eigenvalue weighted by molar-refractivity contribution is -0.128. The van der Waals surface area contributed by atoms with E-state index in [4.69, 9.17) is 4.74 Å². The van der Waals surface area contributed by atoms with Crippen molar-refractivity contribution in [2.75, 3.05) is 13.1 Å². The van der Waals surface area contributed by atoms with Crippen molar-refractivity contribution in [2.24, 2.45) is 0 Å². The summed E-state index contributed by atoms with van der Waals surface area (Å²) < 4.78 is 46.2. The van der Waals surface area contributed by atoms with Crippen molar-refractivity contribution in [1.29, 1.82) is 0 Å². The zero-order chi connectivity index (χ0) is 21.9. The topological polar surface area (TPSA) is 75.7 Å². The zero-order valence-corrected chi connectivity index (χ0v) is 19.2. The molecule has 0 aliphatic carbocycles. The van der Waals surface area contributed by atoms with Crippen LogP contribution in [0.25, 0.3) is 0 Å². The minimum absolute atomic E-state index is 0.135. The van der Waals surface area contributed by atoms with Crippen LogP contribution in [-0.2, 0) is 14.8 Å². The van der Waals surface area contributed by atoms with Crippen LogP contribution in [0, 0.1) is 12.7 Å². The highest BCUT2D eigenvalue weighted by atomic mass is 79.9. The van der Waals surface area contributed by atoms with E-state index in [2.05, 4.69) is 21.2 Å². The number of aryl methyl sites for hydroxylation is 1. The Balaban J connectivity index is 1.53. The van der Waals surface area contributed by atoms with Crippen molar-refractivity contribution < 1.29 is 22.3 Å². The first-order valence-corrected chi connectivity index (χ1v) is 11.9. The quantitative estimate of drug-likeness (QED) is 0.659. The molecule has 1 fully saturated rings. The molecule has 6 nitrogen and oxygen atoms in total. The number of sulfonamides is 1. The standard InChI is InChI=1S/C21H24BrFN2O4S/c1-14-3-6-18(7-4-14)30(27,28)25-11-9-17(10-12-25)24-21(26)15(2)29-20-8-5-16(23)13-19(20)22/h3-8,13,15,17H,9-12H2,1-2H3,(H,24,26). The number of rotatable bonds is 6. The van der Waals surface area contributed by atoms with E-state index in [0.29, 0.717) is 36.2 Å². The van der Waals surface area contributed by atoms with Crippen molar-refractivity contribution in [1.82, 2.24) is 9.62 Å². The third kappa shape index (κ3) is 5.39. The normalized spacial score (nSPS) is 16.8. The van der Waals surface area contributed by atoms with Crippen molar-refractivity contribution >= 4 is 31.9 Å². The first-order valence-electron chi connectivity index (χ1n) is 9.66. The highest BCUT2D eigenvalue weighted by Crippen LogP contribution is 2.26. The molecule has 1 unspecified atom stereocenters. The van der Waals surface area contributed by atoms with E-state index in [-0.39, 0.29) is 16.8 Å². The number of hydrogen-bond donors (Lipinski definition) is 1. The molecule has 0 bridgehead atoms. The second-order valence-corrected chi connectivity index (χ2v) is 10.1. The predicted molar refractivity (Wildman–Crippen MR) is 115 cm³/mol. The molecule has 3 rings (SSSR count). The molecule has 1 aliphatic heterocycles. The summed E-state index contributed by atoms with van der Waals surface area (Å²) in [5, 5.41) is 2.91. The molecule has 0 spiro atoms. The Hall–Kier alpha value is -1.97. The summed E-state index contributed by atoms with van der Waals surface area (Å²) in [6, 6.07) is 10.6. The van der Waals surface area contributed by atoms with E-state index in [0.717, 1.165) is 5.56 Å². The molecule has 1 N–H and O–H groups in total. The van der Waals surface area contributed by atoms with Gasteiger partial charge in [-0.1, -0.05) is 17.7 Å². The van der Waals surface area contributed by atoms with Gasteiger partial charge in [0.2, 0.25) is 10.0 Å². The SMILES string of the molecule is Cc1ccc(S(=O)(=O)N2CCC(NC(=O)C(C)Oc3ccc(F)cc3Br)CC2)cc1. The molecule has 1 atom stereocenters. The highest BCUT2D eigenvalue weighted by molar-refractivity contribution is 9.10. The van der Waals surface area contributed by atoms with Crippen molar-refractivity contribution in [3.8, 4) is 5.75 Å². The van der Waals surface area contributed by atoms with Crippen LogP contribution in [0.4, 0.5) is 4.39 Å². The summed E-state index contributed by atoms with van der Waals surface area (Å²) >= 11 is 3.21. The van der Waals surface area contributed by atoms with Crippen LogP contribution in [0.3, 0.4) is 0 Å². The zero-order valence-electron chi connectivity index (χ0n) is 16.8. The number of amides is 1. The van der Waals surface area contributed by atoms with Crippen LogP contribution in [0.15, 0.2) is 51.8 Å². The summed E-state index contributed by atoms with van der Waals surface area (Å²) in [5.41, 5.74) is 0.999. The maximum Gasteiger partial charge on any atom is 0.260 e. The van der Waals surface area contributed by atoms with Gasteiger partial charge in [0.15, 0.2) is 6.10 Å². The largest absolute Gasteiger partial charge is 0.480 e. The number of nitrogens with zero attached hydrogens (tertiary/aromatic N) is 1. The van der Waals surface area contributed by atoms with Gasteiger partial charge in [-0.2, -0.15) is 4.31 Å². The molecule has 1 amide bonds. The van der Waals surface area contributed by atoms with Gasteiger partial charge in [0, 0.05) is 19.1 Å². The lowest BCUT2D eigenvalue weighted by atomic mass is 10.1. The second-order valence-electron chi connectivity index (χ2n) is 7.33. The molecule has 1 aliphatic rings. The number of carbonyl (C=O) groups excluding carboxylic acids is 1. The van der Waals surface area contributed by atoms with Crippen LogP contribution in [0.1, 0.15) is 25.3 Å². The van der Waals surface area contributed by atoms with Crippen LogP contribution in [-0.4, -0.2) is 43.9 Å². The van der Waals surface area contributed by atoms with Crippen LogP contribution < -0.4 is 10.1 Å². The summed E-state index contributed by atoms with van der Waals surface area (Å²) in [5.74, 6) is -0.331. The molecule has 0 radical (unpaired) electrons. The Bertz CT molecular complexity index is 1010. The number of nitrogens with one attached hydrogen (secondary N) is 1. The number of hydrogen-bond acceptors (Lipinski definition) is 4. The summed E-state index contributed by atoms with van der Waals surface area (Å²) in [6.07, 6.45) is 0.259. The summed E-state index contributed by atoms with van der Waals surface area (Å²) in [7, 11) is -3.54. The van der Waals surface area contributed by atoms with Gasteiger partial charge in [0.1, 0.15) is 11.6 Å². The molecule has 0 aromatic heterocycles. The van der Waals surface area contributed by atoms with E-state index in [1.54, 1.807) is 31.2 Å². The molecule has 2 aromatic rings. The fourth-order valence-electron chi connectivity index (χ4n) is 3.23. The van der Waals surface area contributed by atoms with E-state index >= 15 is 0 Å². The molecule has 30 heavy (non-hydrogen) atoms. The number of ether oxygens (including phenoxy) is 1. The molecular weight excluding hydrogens is 475 g/mol. The minimum Gasteiger partial charge on any atom is -0.480 e. The van der Waals surface area contributed by atoms with E-state index in [9.17, 15) is 17.6 Å². The smallest absolute Gasteiger partial charge is 0.260 e. The molecule has 162 valence electrons. The monoisotopic (exact) mass is 498 g/mol. The Morgan fingerprint density at radius 1 is 1.20 bits per heavy atom. The van der Waals surface area contributed by atoms with E-state index in [1.165, 1.54) is 22.5 Å². The van der Waals surface area contributed by atoms with Gasteiger partial charge in [-0.25, -0.2) is 12.8 Å². The van der Waals surface area contributed by atoms with Crippen LogP contribution in [0.5, 0.6) is 5.75 Å². The minimum atomic E-state index is -3.54. The number of benzene rings is 2. The molecule has 2 aromatic carbocycles. The molecule has 1 saturated heterocycles. The Labute approximate surface area is 184 Å². The van der Waals surface area contributed by atoms with Crippen LogP contribution in [0.2, 0.25) is 0 Å². The van der Waals surface area contributed by atoms with Gasteiger partial charge in [0.25, 0.3) is 5.91 Å². The molecule has 1 heterocycles. The molecule has 0 saturated carbocycles. The van der Waals surface area contributed by atoms with E-state index in [1.807, 2.05) is 6.92 Å². The van der Waals surface area contributed by atoms with Gasteiger partial charge in [-0.05, 0) is 73.0 Å². The first kappa shape index (κ1) is 22.7. The third-order valence-electron chi connectivity index (χ3n) is 5.03. The van der Waals surface area contributed by atoms with Gasteiger partial charge < -0.3 is 10.1 Å². The summed E-state index contributed by atoms with van der Waals surface area (Å²) in [4.78, 5) is 12.7. The second kappa shape index (κ2) is 9.45. The fraction of sp³-hybridized carbons (Fsp3) is 0.381. The number of halogens is 2. The van der Waals surface area contributed by atoms with E-state index < -0.39 is 21.9 Å². The lowest BCUT2D eigenvalue weighted by Gasteiger charge is -2.32. The number of piperidine rings is 1. The Morgan fingerprint density at radius 2 is 1.83 bits per heavy atom. The predicted octanol–water partition coefficient (Wildman–Crippen LogP) is 3.63. The van der Waals surface area contributed by atoms with Crippen molar-refractivity contribution in [3.05, 3.63) is 58.3 Å². The average molecular weight is 499 g/mol. The maximum absolute atomic E-state index is 13.2. The van der Waals surface area contributed by atoms with Crippen molar-refractivity contribution in [2.45, 2.75) is 43.7 Å². The number of carbonyl (C=O) groups is 1. The maximum atomic E-state index is 13.2. The highest BCUT2D eigenvalue weighted by Gasteiger charge is 2.30. The van der Waals surface area contributed by atoms with Crippen molar-refractivity contribution in [3.63, 3.8) is 0 Å². The van der Waals surface area contributed by atoms with Gasteiger partial charge >= 0.3 is 0 Å².